The molecule has 0 radical (unpaired) electrons. The molecular formula is C62H42N2. The molecule has 0 fully saturated rings. The molecule has 64 heavy (non-hydrogen) atoms. The van der Waals surface area contributed by atoms with Gasteiger partial charge in [-0.15, -0.1) is 0 Å². The van der Waals surface area contributed by atoms with Gasteiger partial charge in [0.2, 0.25) is 0 Å². The summed E-state index contributed by atoms with van der Waals surface area (Å²) >= 11 is 0. The van der Waals surface area contributed by atoms with Crippen molar-refractivity contribution in [1.82, 2.24) is 4.57 Å². The monoisotopic (exact) mass is 814 g/mol. The van der Waals surface area contributed by atoms with Crippen LogP contribution in [-0.2, 0) is 0 Å². The summed E-state index contributed by atoms with van der Waals surface area (Å²) in [5.41, 5.74) is 16.4. The maximum atomic E-state index is 2.42. The van der Waals surface area contributed by atoms with E-state index >= 15 is 0 Å². The van der Waals surface area contributed by atoms with Crippen molar-refractivity contribution in [3.63, 3.8) is 0 Å². The van der Waals surface area contributed by atoms with Crippen LogP contribution < -0.4 is 4.90 Å². The Kier molecular flexibility index (Phi) is 9.20. The zero-order valence-electron chi connectivity index (χ0n) is 35.1. The number of aromatic nitrogens is 1. The molecule has 0 aliphatic rings. The Hall–Kier alpha value is -8.46. The fourth-order valence-corrected chi connectivity index (χ4v) is 9.77. The standard InChI is InChI=1S/C62H42N2/c1-3-16-43(17-4-1)54-27-11-12-28-56(54)45-32-36-51(37-33-45)63(52-38-34-46(35-39-52)57-29-14-21-44-18-9-10-26-55(44)57)53-25-13-22-49(40-53)58-30-15-31-60-62(58)59-41-47-19-7-8-20-48(47)42-61(59)64(60)50-23-5-2-6-24-50/h1-42H. The average Bonchev–Trinajstić information content (AvgIpc) is 3.70. The van der Waals surface area contributed by atoms with Crippen molar-refractivity contribution < 1.29 is 0 Å². The van der Waals surface area contributed by atoms with Crippen LogP contribution in [0.1, 0.15) is 0 Å². The van der Waals surface area contributed by atoms with E-state index in [4.69, 9.17) is 0 Å². The Morgan fingerprint density at radius 3 is 1.48 bits per heavy atom. The quantitative estimate of drug-likeness (QED) is 0.148. The molecule has 11 aromatic carbocycles. The average molecular weight is 815 g/mol. The lowest BCUT2D eigenvalue weighted by Crippen LogP contribution is -2.10. The molecule has 0 atom stereocenters. The molecule has 2 heteroatoms. The van der Waals surface area contributed by atoms with E-state index in [1.807, 2.05) is 0 Å². The van der Waals surface area contributed by atoms with Crippen LogP contribution in [0.15, 0.2) is 255 Å². The summed E-state index contributed by atoms with van der Waals surface area (Å²) in [7, 11) is 0. The number of nitrogens with zero attached hydrogens (tertiary/aromatic N) is 2. The van der Waals surface area contributed by atoms with Gasteiger partial charge >= 0.3 is 0 Å². The van der Waals surface area contributed by atoms with E-state index in [1.165, 1.54) is 82.3 Å². The van der Waals surface area contributed by atoms with Gasteiger partial charge in [0.25, 0.3) is 0 Å². The second-order valence-electron chi connectivity index (χ2n) is 16.5. The minimum absolute atomic E-state index is 1.08. The highest BCUT2D eigenvalue weighted by Crippen LogP contribution is 2.44. The van der Waals surface area contributed by atoms with Gasteiger partial charge in [-0.2, -0.15) is 0 Å². The number of para-hydroxylation sites is 1. The maximum absolute atomic E-state index is 2.42. The molecule has 0 N–H and O–H groups in total. The molecule has 12 rings (SSSR count). The molecule has 0 bridgehead atoms. The second kappa shape index (κ2) is 15.8. The van der Waals surface area contributed by atoms with Crippen LogP contribution in [0, 0.1) is 0 Å². The number of fused-ring (bicyclic) bond motifs is 5. The Morgan fingerprint density at radius 1 is 0.266 bits per heavy atom. The molecule has 0 saturated heterocycles. The van der Waals surface area contributed by atoms with Crippen LogP contribution in [0.3, 0.4) is 0 Å². The molecule has 0 amide bonds. The van der Waals surface area contributed by atoms with E-state index in [1.54, 1.807) is 0 Å². The lowest BCUT2D eigenvalue weighted by molar-refractivity contribution is 1.18. The minimum atomic E-state index is 1.08. The Bertz CT molecular complexity index is 3640. The van der Waals surface area contributed by atoms with E-state index in [2.05, 4.69) is 264 Å². The summed E-state index contributed by atoms with van der Waals surface area (Å²) in [6.07, 6.45) is 0. The van der Waals surface area contributed by atoms with Crippen molar-refractivity contribution in [3.8, 4) is 50.2 Å². The Morgan fingerprint density at radius 2 is 0.766 bits per heavy atom. The highest BCUT2D eigenvalue weighted by molar-refractivity contribution is 6.18. The first-order valence-corrected chi connectivity index (χ1v) is 22.0. The van der Waals surface area contributed by atoms with Gasteiger partial charge in [0.1, 0.15) is 0 Å². The highest BCUT2D eigenvalue weighted by atomic mass is 15.1. The normalized spacial score (nSPS) is 11.4. The van der Waals surface area contributed by atoms with E-state index in [9.17, 15) is 0 Å². The van der Waals surface area contributed by atoms with Crippen molar-refractivity contribution in [1.29, 1.82) is 0 Å². The van der Waals surface area contributed by atoms with Gasteiger partial charge < -0.3 is 9.47 Å². The summed E-state index contributed by atoms with van der Waals surface area (Å²) in [6, 6.07) is 92.7. The molecule has 0 aliphatic heterocycles. The molecule has 0 unspecified atom stereocenters. The van der Waals surface area contributed by atoms with Gasteiger partial charge in [-0.05, 0) is 133 Å². The van der Waals surface area contributed by atoms with Crippen LogP contribution in [0.4, 0.5) is 17.1 Å². The van der Waals surface area contributed by atoms with Gasteiger partial charge in [0.15, 0.2) is 0 Å². The molecule has 1 aromatic heterocycles. The number of hydrogen-bond acceptors (Lipinski definition) is 1. The third-order valence-electron chi connectivity index (χ3n) is 12.8. The highest BCUT2D eigenvalue weighted by Gasteiger charge is 2.20. The molecular weight excluding hydrogens is 773 g/mol. The van der Waals surface area contributed by atoms with Crippen LogP contribution in [-0.4, -0.2) is 4.57 Å². The molecule has 0 spiro atoms. The van der Waals surface area contributed by atoms with Crippen LogP contribution >= 0.6 is 0 Å². The summed E-state index contributed by atoms with van der Waals surface area (Å²) in [4.78, 5) is 2.39. The van der Waals surface area contributed by atoms with E-state index < -0.39 is 0 Å². The van der Waals surface area contributed by atoms with Crippen molar-refractivity contribution in [3.05, 3.63) is 255 Å². The Balaban J connectivity index is 1.02. The predicted molar refractivity (Wildman–Crippen MR) is 272 cm³/mol. The number of anilines is 3. The molecule has 2 nitrogen and oxygen atoms in total. The van der Waals surface area contributed by atoms with Gasteiger partial charge in [-0.25, -0.2) is 0 Å². The largest absolute Gasteiger partial charge is 0.310 e. The topological polar surface area (TPSA) is 8.17 Å². The van der Waals surface area contributed by atoms with Gasteiger partial charge in [-0.3, -0.25) is 0 Å². The summed E-state index contributed by atoms with van der Waals surface area (Å²) in [6.45, 7) is 0. The first kappa shape index (κ1) is 37.3. The van der Waals surface area contributed by atoms with Crippen LogP contribution in [0.25, 0.3) is 93.5 Å². The van der Waals surface area contributed by atoms with E-state index in [0.29, 0.717) is 0 Å². The fourth-order valence-electron chi connectivity index (χ4n) is 9.77. The van der Waals surface area contributed by atoms with E-state index in [-0.39, 0.29) is 0 Å². The van der Waals surface area contributed by atoms with Crippen molar-refractivity contribution >= 4 is 60.4 Å². The van der Waals surface area contributed by atoms with Gasteiger partial charge in [0.05, 0.1) is 11.0 Å². The lowest BCUT2D eigenvalue weighted by Gasteiger charge is -2.27. The predicted octanol–water partition coefficient (Wildman–Crippen LogP) is 17.2. The molecule has 12 aromatic rings. The smallest absolute Gasteiger partial charge is 0.0547 e. The van der Waals surface area contributed by atoms with Crippen LogP contribution in [0.2, 0.25) is 0 Å². The second-order valence-corrected chi connectivity index (χ2v) is 16.5. The first-order valence-electron chi connectivity index (χ1n) is 22.0. The van der Waals surface area contributed by atoms with Crippen molar-refractivity contribution in [2.45, 2.75) is 0 Å². The van der Waals surface area contributed by atoms with E-state index in [0.717, 1.165) is 28.3 Å². The molecule has 300 valence electrons. The first-order chi connectivity index (χ1) is 31.7. The molecule has 0 aliphatic carbocycles. The number of rotatable bonds is 8. The van der Waals surface area contributed by atoms with Gasteiger partial charge in [0, 0.05) is 33.5 Å². The maximum Gasteiger partial charge on any atom is 0.0547 e. The van der Waals surface area contributed by atoms with Crippen molar-refractivity contribution in [2.24, 2.45) is 0 Å². The Labute approximate surface area is 373 Å². The zero-order valence-corrected chi connectivity index (χ0v) is 35.1. The fraction of sp³-hybridized carbons (Fsp3) is 0. The number of benzene rings is 11. The number of hydrogen-bond donors (Lipinski definition) is 0. The molecule has 1 heterocycles. The summed E-state index contributed by atoms with van der Waals surface area (Å²) in [5.74, 6) is 0. The third-order valence-corrected chi connectivity index (χ3v) is 12.8. The minimum Gasteiger partial charge on any atom is -0.310 e. The van der Waals surface area contributed by atoms with Crippen LogP contribution in [0.5, 0.6) is 0 Å². The third kappa shape index (κ3) is 6.52. The molecule has 0 saturated carbocycles. The zero-order chi connectivity index (χ0) is 42.4. The van der Waals surface area contributed by atoms with Crippen molar-refractivity contribution in [2.75, 3.05) is 4.90 Å². The van der Waals surface area contributed by atoms with Gasteiger partial charge in [-0.1, -0.05) is 188 Å². The SMILES string of the molecule is c1ccc(-c2ccccc2-c2ccc(N(c3ccc(-c4cccc5ccccc45)cc3)c3cccc(-c4cccc5c4c4cc6ccccc6cc4n5-c4ccccc4)c3)cc2)cc1. The summed E-state index contributed by atoms with van der Waals surface area (Å²) < 4.78 is 2.42. The summed E-state index contributed by atoms with van der Waals surface area (Å²) in [5, 5.41) is 7.45. The lowest BCUT2D eigenvalue weighted by atomic mass is 9.94.